The van der Waals surface area contributed by atoms with Crippen molar-refractivity contribution in [1.82, 2.24) is 4.90 Å². The van der Waals surface area contributed by atoms with E-state index >= 15 is 0 Å². The van der Waals surface area contributed by atoms with Gasteiger partial charge in [0.05, 0.1) is 12.0 Å². The largest absolute Gasteiger partial charge is 0.481 e. The first-order chi connectivity index (χ1) is 19.7. The molecule has 0 saturated carbocycles. The van der Waals surface area contributed by atoms with E-state index in [1.54, 1.807) is 20.8 Å². The Balaban J connectivity index is 0. The van der Waals surface area contributed by atoms with Gasteiger partial charge in [0.15, 0.2) is 0 Å². The lowest BCUT2D eigenvalue weighted by atomic mass is 9.83. The van der Waals surface area contributed by atoms with E-state index in [1.807, 2.05) is 45.9 Å². The van der Waals surface area contributed by atoms with E-state index in [-0.39, 0.29) is 6.42 Å². The molecule has 42 heavy (non-hydrogen) atoms. The number of aryl methyl sites for hydroxylation is 1. The van der Waals surface area contributed by atoms with E-state index in [1.165, 1.54) is 54.6 Å². The van der Waals surface area contributed by atoms with Crippen LogP contribution in [0.3, 0.4) is 0 Å². The van der Waals surface area contributed by atoms with Gasteiger partial charge in [-0.2, -0.15) is 0 Å². The Labute approximate surface area is 258 Å². The van der Waals surface area contributed by atoms with E-state index < -0.39 is 11.6 Å². The number of carboxylic acid groups (broad SMARTS) is 1. The van der Waals surface area contributed by atoms with Crippen molar-refractivity contribution in [3.8, 4) is 0 Å². The molecule has 0 aliphatic carbocycles. The quantitative estimate of drug-likeness (QED) is 0.320. The molecule has 0 unspecified atom stereocenters. The zero-order valence-electron chi connectivity index (χ0n) is 28.7. The topological polar surface area (TPSA) is 77.8 Å². The molecule has 0 radical (unpaired) electrons. The number of aliphatic carboxylic acids is 1. The van der Waals surface area contributed by atoms with Crippen molar-refractivity contribution < 1.29 is 19.8 Å². The van der Waals surface area contributed by atoms with Gasteiger partial charge in [0.2, 0.25) is 0 Å². The summed E-state index contributed by atoms with van der Waals surface area (Å²) in [7, 11) is 2.19. The minimum Gasteiger partial charge on any atom is -0.481 e. The molecule has 3 rings (SSSR count). The maximum atomic E-state index is 11.1. The fourth-order valence-electron chi connectivity index (χ4n) is 4.83. The predicted molar refractivity (Wildman–Crippen MR) is 182 cm³/mol. The Hall–Kier alpha value is -2.76. The highest BCUT2D eigenvalue weighted by molar-refractivity contribution is 5.73. The van der Waals surface area contributed by atoms with Crippen LogP contribution >= 0.6 is 0 Å². The summed E-state index contributed by atoms with van der Waals surface area (Å²) >= 11 is 0. The number of hydrogen-bond acceptors (Lipinski definition) is 4. The van der Waals surface area contributed by atoms with Crippen LogP contribution in [0.4, 0.5) is 0 Å². The number of hydrogen-bond donors (Lipinski definition) is 2. The summed E-state index contributed by atoms with van der Waals surface area (Å²) < 4.78 is 0. The molecule has 1 heterocycles. The molecule has 2 N–H and O–H groups in total. The summed E-state index contributed by atoms with van der Waals surface area (Å²) in [5.74, 6) is -0.846. The summed E-state index contributed by atoms with van der Waals surface area (Å²) in [5, 5.41) is 17.6. The monoisotopic (exact) mass is 583 g/mol. The van der Waals surface area contributed by atoms with Gasteiger partial charge in [0.25, 0.3) is 0 Å². The number of likely N-dealkylation sites (tertiary alicyclic amines) is 1. The SMILES string of the molecule is C=Cc1cccc(C)c1.CC.CC(C)(C)O.CCc1c(C)c(CC=O)c(CC(=O)O)c(C)c1CC.CN1CCCCC1. The molecule has 2 aromatic carbocycles. The van der Waals surface area contributed by atoms with Gasteiger partial charge >= 0.3 is 5.97 Å². The lowest BCUT2D eigenvalue weighted by Gasteiger charge is -2.21. The standard InChI is InChI=1S/C16H22O3.C9H10.C6H13N.C4H10O.C2H6/c1-5-12-10(3)14(7-8-17)15(9-16(18)19)11(4)13(12)6-2;1-3-9-6-4-5-8(2)7-9;1-7-5-3-2-4-6-7;1-4(2,3)5;1-2/h8H,5-7,9H2,1-4H3,(H,18,19);3-7H,1H2,2H3;2-6H2,1H3;5H,1-3H3;1-2H3. The van der Waals surface area contributed by atoms with E-state index in [0.29, 0.717) is 6.42 Å². The number of carbonyl (C=O) groups is 2. The number of rotatable bonds is 7. The van der Waals surface area contributed by atoms with Crippen LogP contribution in [-0.4, -0.2) is 53.1 Å². The second-order valence-corrected chi connectivity index (χ2v) is 11.5. The molecule has 0 spiro atoms. The number of nitrogens with zero attached hydrogens (tertiary/aromatic N) is 1. The van der Waals surface area contributed by atoms with E-state index in [9.17, 15) is 9.59 Å². The molecule has 1 saturated heterocycles. The number of aldehydes is 1. The zero-order valence-corrected chi connectivity index (χ0v) is 28.7. The van der Waals surface area contributed by atoms with Crippen molar-refractivity contribution in [3.63, 3.8) is 0 Å². The average Bonchev–Trinajstić information content (AvgIpc) is 2.93. The van der Waals surface area contributed by atoms with Crippen molar-refractivity contribution in [2.24, 2.45) is 0 Å². The van der Waals surface area contributed by atoms with E-state index in [0.717, 1.165) is 41.4 Å². The molecule has 0 amide bonds. The van der Waals surface area contributed by atoms with Gasteiger partial charge in [-0.05, 0) is 126 Å². The van der Waals surface area contributed by atoms with Crippen molar-refractivity contribution >= 4 is 18.3 Å². The molecule has 238 valence electrons. The van der Waals surface area contributed by atoms with Crippen LogP contribution in [0.25, 0.3) is 6.08 Å². The molecule has 5 heteroatoms. The summed E-state index contributed by atoms with van der Waals surface area (Å²) in [6, 6.07) is 8.26. The number of carboxylic acids is 1. The van der Waals surface area contributed by atoms with Gasteiger partial charge in [-0.15, -0.1) is 0 Å². The van der Waals surface area contributed by atoms with E-state index in [2.05, 4.69) is 51.4 Å². The van der Waals surface area contributed by atoms with Crippen LogP contribution in [0.15, 0.2) is 30.8 Å². The summed E-state index contributed by atoms with van der Waals surface area (Å²) in [5.41, 5.74) is 8.35. The molecular formula is C37H61NO4. The third-order valence-corrected chi connectivity index (χ3v) is 6.72. The third-order valence-electron chi connectivity index (χ3n) is 6.72. The van der Waals surface area contributed by atoms with Crippen molar-refractivity contribution in [3.05, 3.63) is 75.4 Å². The average molecular weight is 584 g/mol. The van der Waals surface area contributed by atoms with Gasteiger partial charge in [-0.25, -0.2) is 0 Å². The van der Waals surface area contributed by atoms with Crippen LogP contribution in [0.2, 0.25) is 0 Å². The first kappa shape index (κ1) is 41.4. The van der Waals surface area contributed by atoms with Gasteiger partial charge in [0, 0.05) is 6.42 Å². The van der Waals surface area contributed by atoms with E-state index in [4.69, 9.17) is 10.2 Å². The van der Waals surface area contributed by atoms with Crippen LogP contribution in [0, 0.1) is 20.8 Å². The highest BCUT2D eigenvalue weighted by Gasteiger charge is 2.19. The van der Waals surface area contributed by atoms with Crippen molar-refractivity contribution in [2.75, 3.05) is 20.1 Å². The smallest absolute Gasteiger partial charge is 0.307 e. The third kappa shape index (κ3) is 17.9. The Bertz CT molecular complexity index is 1050. The Morgan fingerprint density at radius 1 is 0.929 bits per heavy atom. The van der Waals surface area contributed by atoms with Gasteiger partial charge in [0.1, 0.15) is 6.29 Å². The van der Waals surface area contributed by atoms with Crippen molar-refractivity contribution in [2.45, 2.75) is 120 Å². The fraction of sp³-hybridized carbons (Fsp3) is 0.568. The predicted octanol–water partition coefficient (Wildman–Crippen LogP) is 8.34. The number of aliphatic hydroxyl groups is 1. The highest BCUT2D eigenvalue weighted by atomic mass is 16.4. The maximum Gasteiger partial charge on any atom is 0.307 e. The first-order valence-corrected chi connectivity index (χ1v) is 15.6. The fourth-order valence-corrected chi connectivity index (χ4v) is 4.83. The van der Waals surface area contributed by atoms with Gasteiger partial charge < -0.3 is 19.9 Å². The zero-order chi connectivity index (χ0) is 32.9. The molecule has 0 aromatic heterocycles. The Morgan fingerprint density at radius 3 is 1.71 bits per heavy atom. The van der Waals surface area contributed by atoms with Crippen LogP contribution in [0.5, 0.6) is 0 Å². The van der Waals surface area contributed by atoms with Crippen LogP contribution in [0.1, 0.15) is 112 Å². The Morgan fingerprint density at radius 2 is 1.40 bits per heavy atom. The number of piperidine rings is 1. The van der Waals surface area contributed by atoms with Gasteiger partial charge in [-0.1, -0.05) is 76.6 Å². The molecule has 1 aliphatic heterocycles. The summed E-state index contributed by atoms with van der Waals surface area (Å²) in [4.78, 5) is 24.3. The maximum absolute atomic E-state index is 11.1. The minimum atomic E-state index is -0.846. The minimum absolute atomic E-state index is 0.00710. The van der Waals surface area contributed by atoms with Crippen LogP contribution in [-0.2, 0) is 35.3 Å². The summed E-state index contributed by atoms with van der Waals surface area (Å²) in [6.07, 6.45) is 9.08. The van der Waals surface area contributed by atoms with Crippen LogP contribution < -0.4 is 0 Å². The molecule has 0 bridgehead atoms. The second kappa shape index (κ2) is 22.8. The molecule has 2 aromatic rings. The molecule has 0 atom stereocenters. The lowest BCUT2D eigenvalue weighted by Crippen LogP contribution is -2.24. The summed E-state index contributed by atoms with van der Waals surface area (Å²) in [6.45, 7) is 25.8. The lowest BCUT2D eigenvalue weighted by molar-refractivity contribution is -0.136. The molecule has 1 aliphatic rings. The molecule has 1 fully saturated rings. The molecule has 5 nitrogen and oxygen atoms in total. The highest BCUT2D eigenvalue weighted by Crippen LogP contribution is 2.29. The number of benzene rings is 2. The first-order valence-electron chi connectivity index (χ1n) is 15.6. The second-order valence-electron chi connectivity index (χ2n) is 11.5. The van der Waals surface area contributed by atoms with Gasteiger partial charge in [-0.3, -0.25) is 4.79 Å². The number of carbonyl (C=O) groups excluding carboxylic acids is 1. The van der Waals surface area contributed by atoms with Crippen molar-refractivity contribution in [1.29, 1.82) is 0 Å². The Kier molecular flexibility index (Phi) is 22.5. The normalized spacial score (nSPS) is 12.5. The molecular weight excluding hydrogens is 522 g/mol.